The van der Waals surface area contributed by atoms with Gasteiger partial charge in [-0.25, -0.2) is 15.0 Å². The van der Waals surface area contributed by atoms with E-state index in [0.29, 0.717) is 16.8 Å². The Balaban J connectivity index is 1.56. The number of hydrogen-bond acceptors (Lipinski definition) is 7. The smallest absolute Gasteiger partial charge is 0.405 e. The molecule has 11 heteroatoms. The molecule has 3 rings (SSSR count). The van der Waals surface area contributed by atoms with Crippen molar-refractivity contribution in [2.75, 3.05) is 5.32 Å². The van der Waals surface area contributed by atoms with Gasteiger partial charge >= 0.3 is 6.36 Å². The molecule has 2 heterocycles. The molecule has 0 unspecified atom stereocenters. The molecule has 0 aliphatic heterocycles. The van der Waals surface area contributed by atoms with Gasteiger partial charge < -0.3 is 15.4 Å². The summed E-state index contributed by atoms with van der Waals surface area (Å²) >= 11 is 1.29. The van der Waals surface area contributed by atoms with E-state index < -0.39 is 6.36 Å². The Morgan fingerprint density at radius 3 is 2.53 bits per heavy atom. The van der Waals surface area contributed by atoms with Crippen LogP contribution >= 0.6 is 11.3 Å². The Kier molecular flexibility index (Phi) is 6.50. The molecule has 0 aliphatic rings. The number of amides is 1. The molecule has 0 radical (unpaired) electrons. The Labute approximate surface area is 174 Å². The van der Waals surface area contributed by atoms with Gasteiger partial charge in [-0.05, 0) is 26.0 Å². The lowest BCUT2D eigenvalue weighted by Gasteiger charge is -2.13. The predicted octanol–water partition coefficient (Wildman–Crippen LogP) is 4.05. The minimum absolute atomic E-state index is 0.0197. The van der Waals surface area contributed by atoms with Crippen LogP contribution in [0.4, 0.5) is 24.3 Å². The first-order chi connectivity index (χ1) is 14.2. The van der Waals surface area contributed by atoms with E-state index in [9.17, 15) is 18.0 Å². The fourth-order valence-corrected chi connectivity index (χ4v) is 3.32. The molecule has 2 aromatic heterocycles. The molecule has 2 N–H and O–H groups in total. The molecule has 0 fully saturated rings. The predicted molar refractivity (Wildman–Crippen MR) is 106 cm³/mol. The third kappa shape index (κ3) is 6.41. The van der Waals surface area contributed by atoms with Crippen molar-refractivity contribution < 1.29 is 22.7 Å². The Morgan fingerprint density at radius 1 is 1.13 bits per heavy atom. The molecule has 0 saturated carbocycles. The largest absolute Gasteiger partial charge is 0.573 e. The average molecular weight is 437 g/mol. The third-order valence-corrected chi connectivity index (χ3v) is 4.58. The second-order valence-corrected chi connectivity index (χ2v) is 7.21. The van der Waals surface area contributed by atoms with Crippen LogP contribution in [0.2, 0.25) is 0 Å². The number of benzene rings is 1. The van der Waals surface area contributed by atoms with Crippen LogP contribution in [0.5, 0.6) is 5.75 Å². The monoisotopic (exact) mass is 437 g/mol. The van der Waals surface area contributed by atoms with Gasteiger partial charge in [0, 0.05) is 28.9 Å². The van der Waals surface area contributed by atoms with E-state index in [1.54, 1.807) is 11.4 Å². The quantitative estimate of drug-likeness (QED) is 0.580. The number of aryl methyl sites for hydroxylation is 2. The van der Waals surface area contributed by atoms with Gasteiger partial charge in [-0.1, -0.05) is 18.2 Å². The van der Waals surface area contributed by atoms with E-state index in [0.717, 1.165) is 11.4 Å². The van der Waals surface area contributed by atoms with Gasteiger partial charge in [-0.2, -0.15) is 0 Å². The number of carbonyl (C=O) groups excluding carboxylic acids is 1. The lowest BCUT2D eigenvalue weighted by atomic mass is 10.2. The van der Waals surface area contributed by atoms with Gasteiger partial charge in [0.1, 0.15) is 5.75 Å². The summed E-state index contributed by atoms with van der Waals surface area (Å²) in [5.74, 6) is -0.311. The summed E-state index contributed by atoms with van der Waals surface area (Å²) in [7, 11) is 0. The number of anilines is 2. The van der Waals surface area contributed by atoms with Crippen molar-refractivity contribution in [3.63, 3.8) is 0 Å². The number of rotatable bonds is 7. The number of para-hydroxylation sites is 1. The van der Waals surface area contributed by atoms with Gasteiger partial charge in [-0.15, -0.1) is 24.5 Å². The number of halogens is 3. The summed E-state index contributed by atoms with van der Waals surface area (Å²) in [5.41, 5.74) is 2.37. The van der Waals surface area contributed by atoms with Crippen molar-refractivity contribution in [3.8, 4) is 5.75 Å². The normalized spacial score (nSPS) is 11.2. The zero-order valence-corrected chi connectivity index (χ0v) is 16.9. The average Bonchev–Trinajstić information content (AvgIpc) is 3.05. The van der Waals surface area contributed by atoms with Crippen LogP contribution in [0.25, 0.3) is 0 Å². The summed E-state index contributed by atoms with van der Waals surface area (Å²) in [6.45, 7) is 3.61. The summed E-state index contributed by atoms with van der Waals surface area (Å²) < 4.78 is 41.4. The first kappa shape index (κ1) is 21.5. The van der Waals surface area contributed by atoms with Crippen LogP contribution in [0.3, 0.4) is 0 Å². The maximum atomic E-state index is 12.5. The highest BCUT2D eigenvalue weighted by molar-refractivity contribution is 7.13. The Bertz CT molecular complexity index is 1020. The number of carbonyl (C=O) groups is 1. The number of nitrogens with one attached hydrogen (secondary N) is 2. The van der Waals surface area contributed by atoms with Crippen molar-refractivity contribution in [3.05, 3.63) is 58.4 Å². The molecular weight excluding hydrogens is 419 g/mol. The minimum Gasteiger partial charge on any atom is -0.405 e. The van der Waals surface area contributed by atoms with Crippen LogP contribution in [0.1, 0.15) is 22.6 Å². The van der Waals surface area contributed by atoms with Crippen molar-refractivity contribution >= 4 is 28.3 Å². The van der Waals surface area contributed by atoms with Crippen LogP contribution < -0.4 is 15.4 Å². The Hall–Kier alpha value is -3.21. The van der Waals surface area contributed by atoms with E-state index in [4.69, 9.17) is 0 Å². The fourth-order valence-electron chi connectivity index (χ4n) is 2.62. The topological polar surface area (TPSA) is 89.0 Å². The highest BCUT2D eigenvalue weighted by Gasteiger charge is 2.32. The zero-order valence-electron chi connectivity index (χ0n) is 16.1. The molecule has 0 spiro atoms. The minimum atomic E-state index is -4.80. The second-order valence-electron chi connectivity index (χ2n) is 6.35. The lowest BCUT2D eigenvalue weighted by Crippen LogP contribution is -2.25. The van der Waals surface area contributed by atoms with Crippen LogP contribution in [-0.2, 0) is 17.8 Å². The highest BCUT2D eigenvalue weighted by Crippen LogP contribution is 2.26. The zero-order chi connectivity index (χ0) is 21.7. The van der Waals surface area contributed by atoms with Crippen molar-refractivity contribution in [1.29, 1.82) is 0 Å². The standard InChI is InChI=1S/C19H18F3N5O2S/c1-11-7-12(2)25-17(24-11)27-18-26-14(10-30-18)8-16(28)23-9-13-5-3-4-6-15(13)29-19(20,21)22/h3-7,10H,8-9H2,1-2H3,(H,23,28)(H,24,25,26,27). The number of ether oxygens (including phenoxy) is 1. The number of nitrogens with zero attached hydrogens (tertiary/aromatic N) is 3. The first-order valence-electron chi connectivity index (χ1n) is 8.82. The molecule has 7 nitrogen and oxygen atoms in total. The van der Waals surface area contributed by atoms with E-state index >= 15 is 0 Å². The summed E-state index contributed by atoms with van der Waals surface area (Å²) in [4.78, 5) is 25.0. The second kappa shape index (κ2) is 9.08. The summed E-state index contributed by atoms with van der Waals surface area (Å²) in [5, 5.41) is 7.82. The first-order valence-corrected chi connectivity index (χ1v) is 9.70. The van der Waals surface area contributed by atoms with Crippen LogP contribution in [-0.4, -0.2) is 27.2 Å². The number of alkyl halides is 3. The van der Waals surface area contributed by atoms with E-state index in [-0.39, 0.29) is 30.2 Å². The maximum absolute atomic E-state index is 12.5. The number of thiazole rings is 1. The Morgan fingerprint density at radius 2 is 1.83 bits per heavy atom. The number of aromatic nitrogens is 3. The van der Waals surface area contributed by atoms with E-state index in [2.05, 4.69) is 30.3 Å². The highest BCUT2D eigenvalue weighted by atomic mass is 32.1. The van der Waals surface area contributed by atoms with E-state index in [1.165, 1.54) is 29.5 Å². The van der Waals surface area contributed by atoms with Crippen molar-refractivity contribution in [2.24, 2.45) is 0 Å². The van der Waals surface area contributed by atoms with Gasteiger partial charge in [0.05, 0.1) is 12.1 Å². The van der Waals surface area contributed by atoms with Crippen LogP contribution in [0, 0.1) is 13.8 Å². The third-order valence-electron chi connectivity index (χ3n) is 3.77. The number of hydrogen-bond donors (Lipinski definition) is 2. The van der Waals surface area contributed by atoms with Gasteiger partial charge in [0.2, 0.25) is 11.9 Å². The molecule has 0 bridgehead atoms. The molecule has 1 aromatic carbocycles. The maximum Gasteiger partial charge on any atom is 0.573 e. The van der Waals surface area contributed by atoms with Gasteiger partial charge in [-0.3, -0.25) is 4.79 Å². The molecule has 0 aliphatic carbocycles. The van der Waals surface area contributed by atoms with Gasteiger partial charge in [0.25, 0.3) is 0 Å². The lowest BCUT2D eigenvalue weighted by molar-refractivity contribution is -0.274. The summed E-state index contributed by atoms with van der Waals surface area (Å²) in [6.07, 6.45) is -4.82. The molecule has 1 amide bonds. The molecule has 3 aromatic rings. The molecule has 158 valence electrons. The van der Waals surface area contributed by atoms with Crippen molar-refractivity contribution in [1.82, 2.24) is 20.3 Å². The van der Waals surface area contributed by atoms with Gasteiger partial charge in [0.15, 0.2) is 5.13 Å². The SMILES string of the molecule is Cc1cc(C)nc(Nc2nc(CC(=O)NCc3ccccc3OC(F)(F)F)cs2)n1. The fraction of sp³-hybridized carbons (Fsp3) is 0.263. The van der Waals surface area contributed by atoms with Crippen molar-refractivity contribution in [2.45, 2.75) is 33.2 Å². The molecule has 0 saturated heterocycles. The molecule has 0 atom stereocenters. The van der Waals surface area contributed by atoms with Crippen LogP contribution in [0.15, 0.2) is 35.7 Å². The summed E-state index contributed by atoms with van der Waals surface area (Å²) in [6, 6.07) is 7.49. The van der Waals surface area contributed by atoms with E-state index in [1.807, 2.05) is 19.9 Å². The molecular formula is C19H18F3N5O2S. The molecule has 30 heavy (non-hydrogen) atoms.